The van der Waals surface area contributed by atoms with Crippen LogP contribution in [0.2, 0.25) is 0 Å². The van der Waals surface area contributed by atoms with Gasteiger partial charge in [0, 0.05) is 19.3 Å². The smallest absolute Gasteiger partial charge is 0.463 e. The van der Waals surface area contributed by atoms with E-state index in [9.17, 15) is 43.5 Å². The number of carbonyl (C=O) groups excluding carboxylic acids is 3. The average Bonchev–Trinajstić information content (AvgIpc) is 1.07. The second-order valence-electron chi connectivity index (χ2n) is 25.0. The highest BCUT2D eigenvalue weighted by molar-refractivity contribution is 7.47. The molecule has 0 aliphatic rings. The number of hydrogen-bond donors (Lipinski definition) is 4. The molecular weight excluding hydrogens is 1310 g/mol. The Balaban J connectivity index is 4.63. The van der Waals surface area contributed by atoms with E-state index in [1.165, 1.54) is 83.5 Å². The monoisotopic (exact) mass is 1450 g/mol. The minimum Gasteiger partial charge on any atom is -0.463 e. The lowest BCUT2D eigenvalue weighted by molar-refractivity contribution is -0.161. The van der Waals surface area contributed by atoms with Crippen LogP contribution in [-0.2, 0) is 55.8 Å². The van der Waals surface area contributed by atoms with Gasteiger partial charge in [-0.05, 0) is 141 Å². The molecule has 0 rings (SSSR count). The Morgan fingerprint density at radius 2 is 0.545 bits per heavy atom. The van der Waals surface area contributed by atoms with Crippen molar-refractivity contribution >= 4 is 33.6 Å². The molecule has 4 N–H and O–H groups in total. The van der Waals surface area contributed by atoms with Gasteiger partial charge in [0.1, 0.15) is 25.4 Å². The first-order chi connectivity index (χ1) is 49.2. The summed E-state index contributed by atoms with van der Waals surface area (Å²) in [6, 6.07) is 0. The van der Waals surface area contributed by atoms with Crippen LogP contribution in [0.4, 0.5) is 0 Å². The maximum Gasteiger partial charge on any atom is 0.472 e. The normalized spacial score (nSPS) is 15.0. The topological polar surface area (TPSA) is 231 Å². The third-order valence-electron chi connectivity index (χ3n) is 15.4. The fourth-order valence-electron chi connectivity index (χ4n) is 9.63. The fraction of sp³-hybridized carbons (Fsp3) is 0.627. The van der Waals surface area contributed by atoms with Crippen molar-refractivity contribution in [2.45, 2.75) is 296 Å². The van der Waals surface area contributed by atoms with E-state index < -0.39 is 91.5 Å². The summed E-state index contributed by atoms with van der Waals surface area (Å²) in [6.45, 7) is 2.28. The van der Waals surface area contributed by atoms with Crippen molar-refractivity contribution in [3.63, 3.8) is 0 Å². The third kappa shape index (κ3) is 75.9. The summed E-state index contributed by atoms with van der Waals surface area (Å²) in [5, 5.41) is 20.6. The van der Waals surface area contributed by atoms with Crippen LogP contribution < -0.4 is 0 Å². The molecule has 0 saturated heterocycles. The molecule has 0 aromatic rings. The van der Waals surface area contributed by atoms with Gasteiger partial charge in [0.25, 0.3) is 0 Å². The molecule has 0 aliphatic carbocycles. The predicted octanol–water partition coefficient (Wildman–Crippen LogP) is 22.4. The van der Waals surface area contributed by atoms with Crippen LogP contribution in [0.3, 0.4) is 0 Å². The first-order valence-electron chi connectivity index (χ1n) is 38.4. The largest absolute Gasteiger partial charge is 0.472 e. The summed E-state index contributed by atoms with van der Waals surface area (Å²) in [4.78, 5) is 58.5. The zero-order valence-corrected chi connectivity index (χ0v) is 64.3. The molecule has 0 heterocycles. The van der Waals surface area contributed by atoms with E-state index in [0.29, 0.717) is 25.7 Å². The quantitative estimate of drug-likeness (QED) is 0.0146. The van der Waals surface area contributed by atoms with E-state index in [1.807, 2.05) is 18.2 Å². The number of phosphoric acid groups is 2. The Labute approximate surface area is 612 Å². The van der Waals surface area contributed by atoms with Crippen LogP contribution in [-0.4, -0.2) is 95.9 Å². The maximum absolute atomic E-state index is 12.9. The Kier molecular flexibility index (Phi) is 70.9. The van der Waals surface area contributed by atoms with Crippen molar-refractivity contribution in [1.82, 2.24) is 0 Å². The van der Waals surface area contributed by atoms with Gasteiger partial charge < -0.3 is 34.2 Å². The summed E-state index contributed by atoms with van der Waals surface area (Å²) in [5.74, 6) is -1.71. The molecule has 18 heteroatoms. The van der Waals surface area contributed by atoms with Crippen LogP contribution in [0, 0.1) is 0 Å². The number of rotatable bonds is 71. The van der Waals surface area contributed by atoms with E-state index in [-0.39, 0.29) is 19.3 Å². The zero-order valence-electron chi connectivity index (χ0n) is 62.5. The fourth-order valence-corrected chi connectivity index (χ4v) is 11.2. The molecule has 0 saturated carbocycles. The Morgan fingerprint density at radius 1 is 0.287 bits per heavy atom. The summed E-state index contributed by atoms with van der Waals surface area (Å²) in [7, 11) is -9.83. The van der Waals surface area contributed by atoms with Crippen molar-refractivity contribution in [2.24, 2.45) is 0 Å². The highest BCUT2D eigenvalue weighted by atomic mass is 31.2. The molecule has 5 unspecified atom stereocenters. The molecule has 0 spiro atoms. The van der Waals surface area contributed by atoms with Crippen molar-refractivity contribution in [1.29, 1.82) is 0 Å². The Bertz CT molecular complexity index is 2520. The highest BCUT2D eigenvalue weighted by Crippen LogP contribution is 2.45. The van der Waals surface area contributed by atoms with E-state index in [1.54, 1.807) is 0 Å². The standard InChI is InChI=1S/C83H136O16P2/c1-4-7-10-13-16-19-22-25-28-31-33-34-35-36-37-38-39-40-41-42-44-47-48-51-54-57-60-63-66-69-81(86)93-72-78(84)73-95-100(89,90)96-74-79(85)75-97-101(91,92)98-77-80(99-83(88)71-68-65-62-59-56-53-50-45-30-27-24-21-18-15-12-9-6-3)76-94-82(87)70-67-64-61-58-55-52-49-46-43-32-29-26-23-20-17-14-11-8-5-2/h8-9,11-12,16-21,25-30,33-34,36-37,43,46,50,52-53,55,61,64,78-80,84-85H,4-7,10,13-15,22-24,31-32,35,38-42,44-45,47-49,51,54,56-60,62-63,65-77H2,1-3H3,(H,89,90)(H,91,92)/b11-8-,12-9-,19-16-,20-17-,21-18-,28-25-,29-26-,30-27-,34-33-,37-36-,46-43-,53-50-,55-52-,64-61-. The molecule has 0 aromatic heterocycles. The van der Waals surface area contributed by atoms with E-state index in [2.05, 4.69) is 173 Å². The van der Waals surface area contributed by atoms with Gasteiger partial charge in [0.05, 0.1) is 26.4 Å². The molecule has 0 fully saturated rings. The van der Waals surface area contributed by atoms with Crippen molar-refractivity contribution in [2.75, 3.05) is 39.6 Å². The first-order valence-corrected chi connectivity index (χ1v) is 41.4. The van der Waals surface area contributed by atoms with Gasteiger partial charge in [-0.25, -0.2) is 9.13 Å². The van der Waals surface area contributed by atoms with Gasteiger partial charge in [-0.2, -0.15) is 0 Å². The van der Waals surface area contributed by atoms with Crippen molar-refractivity contribution in [3.05, 3.63) is 170 Å². The van der Waals surface area contributed by atoms with Crippen LogP contribution in [0.25, 0.3) is 0 Å². The number of aliphatic hydroxyl groups is 2. The number of aliphatic hydroxyl groups excluding tert-OH is 2. The molecule has 0 aliphatic heterocycles. The number of unbranched alkanes of at least 4 members (excludes halogenated alkanes) is 20. The Hall–Kier alpha value is -5.09. The average molecular weight is 1450 g/mol. The first kappa shape index (κ1) is 95.9. The molecule has 5 atom stereocenters. The van der Waals surface area contributed by atoms with E-state index in [4.69, 9.17) is 32.3 Å². The summed E-state index contributed by atoms with van der Waals surface area (Å²) >= 11 is 0. The van der Waals surface area contributed by atoms with Gasteiger partial charge in [-0.3, -0.25) is 32.5 Å². The van der Waals surface area contributed by atoms with Gasteiger partial charge in [0.15, 0.2) is 6.10 Å². The minimum atomic E-state index is -4.96. The number of phosphoric ester groups is 2. The second kappa shape index (κ2) is 74.6. The van der Waals surface area contributed by atoms with Crippen LogP contribution in [0.15, 0.2) is 170 Å². The number of carbonyl (C=O) groups is 3. The highest BCUT2D eigenvalue weighted by Gasteiger charge is 2.29. The SMILES string of the molecule is CC/C=C\C/C=C\C/C=C\C/C=C\C/C=C\C/C=C\CCC(=O)OCC(COP(=O)(O)OCC(O)COP(=O)(O)OCC(O)COC(=O)CCCCCCCCCCCCCCC/C=C\C/C=C\C/C=C\C/C=C\CCCCC)OC(=O)CCCCCC/C=C\C/C=C\C/C=C\C/C=C\CC. The lowest BCUT2D eigenvalue weighted by Crippen LogP contribution is -2.30. The van der Waals surface area contributed by atoms with Gasteiger partial charge >= 0.3 is 33.6 Å². The summed E-state index contributed by atoms with van der Waals surface area (Å²) in [6.07, 6.45) is 94.2. The third-order valence-corrected chi connectivity index (χ3v) is 17.3. The van der Waals surface area contributed by atoms with Gasteiger partial charge in [0.2, 0.25) is 0 Å². The van der Waals surface area contributed by atoms with Crippen LogP contribution >= 0.6 is 15.6 Å². The summed E-state index contributed by atoms with van der Waals surface area (Å²) < 4.78 is 61.0. The second-order valence-corrected chi connectivity index (χ2v) is 27.9. The Morgan fingerprint density at radius 3 is 0.891 bits per heavy atom. The maximum atomic E-state index is 12.9. The number of esters is 3. The lowest BCUT2D eigenvalue weighted by Gasteiger charge is -2.21. The zero-order chi connectivity index (χ0) is 73.7. The molecule has 16 nitrogen and oxygen atoms in total. The predicted molar refractivity (Wildman–Crippen MR) is 417 cm³/mol. The van der Waals surface area contributed by atoms with E-state index in [0.717, 1.165) is 128 Å². The van der Waals surface area contributed by atoms with Gasteiger partial charge in [-0.1, -0.05) is 287 Å². The minimum absolute atomic E-state index is 0.0331. The lowest BCUT2D eigenvalue weighted by atomic mass is 10.0. The molecule has 574 valence electrons. The van der Waals surface area contributed by atoms with Crippen LogP contribution in [0.5, 0.6) is 0 Å². The number of allylic oxidation sites excluding steroid dienone is 28. The number of hydrogen-bond acceptors (Lipinski definition) is 14. The molecule has 101 heavy (non-hydrogen) atoms. The molecular formula is C83H136O16P2. The molecule has 0 aromatic carbocycles. The number of ether oxygens (including phenoxy) is 3. The molecule has 0 radical (unpaired) electrons. The van der Waals surface area contributed by atoms with E-state index >= 15 is 0 Å². The van der Waals surface area contributed by atoms with Crippen LogP contribution in [0.1, 0.15) is 278 Å². The van der Waals surface area contributed by atoms with Crippen molar-refractivity contribution in [3.8, 4) is 0 Å². The van der Waals surface area contributed by atoms with Crippen molar-refractivity contribution < 1.29 is 75.8 Å². The van der Waals surface area contributed by atoms with Gasteiger partial charge in [-0.15, -0.1) is 0 Å². The molecule has 0 amide bonds. The summed E-state index contributed by atoms with van der Waals surface area (Å²) in [5.41, 5.74) is 0. The molecule has 0 bridgehead atoms.